The normalized spacial score (nSPS) is 15.4. The number of carbonyl (C=O) groups is 2. The van der Waals surface area contributed by atoms with Gasteiger partial charge in [0, 0.05) is 38.2 Å². The molecule has 32 heavy (non-hydrogen) atoms. The van der Waals surface area contributed by atoms with Crippen LogP contribution in [-0.2, 0) is 20.7 Å². The van der Waals surface area contributed by atoms with Crippen LogP contribution in [0.2, 0.25) is 0 Å². The van der Waals surface area contributed by atoms with Gasteiger partial charge in [-0.25, -0.2) is 4.39 Å². The molecule has 0 radical (unpaired) electrons. The summed E-state index contributed by atoms with van der Waals surface area (Å²) in [4.78, 5) is 30.0. The van der Waals surface area contributed by atoms with E-state index in [-0.39, 0.29) is 36.2 Å². The topological polar surface area (TPSA) is 49.9 Å². The van der Waals surface area contributed by atoms with Crippen LogP contribution in [0.4, 0.5) is 4.39 Å². The first-order valence-corrected chi connectivity index (χ1v) is 11.9. The van der Waals surface area contributed by atoms with E-state index in [2.05, 4.69) is 0 Å². The van der Waals surface area contributed by atoms with Gasteiger partial charge in [0.1, 0.15) is 12.4 Å². The Balaban J connectivity index is 1.60. The second-order valence-electron chi connectivity index (χ2n) is 8.16. The third kappa shape index (κ3) is 6.81. The standard InChI is InChI=1S/C25H31FN2O3S/c1-27(24(29)17-31-2)23(16-19-8-10-21(26)11-9-19)20-12-14-28(15-13-20)25(30)18-32-22-6-4-3-5-7-22/h3-11,20,23H,12-18H2,1-2H3. The van der Waals surface area contributed by atoms with Gasteiger partial charge in [-0.2, -0.15) is 0 Å². The predicted octanol–water partition coefficient (Wildman–Crippen LogP) is 3.87. The minimum absolute atomic E-state index is 0.0287. The van der Waals surface area contributed by atoms with E-state index in [4.69, 9.17) is 4.74 Å². The number of methoxy groups -OCH3 is 1. The van der Waals surface area contributed by atoms with Gasteiger partial charge >= 0.3 is 0 Å². The smallest absolute Gasteiger partial charge is 0.248 e. The zero-order chi connectivity index (χ0) is 22.9. The molecule has 0 bridgehead atoms. The van der Waals surface area contributed by atoms with Gasteiger partial charge in [-0.3, -0.25) is 9.59 Å². The molecule has 1 aliphatic heterocycles. The number of benzene rings is 2. The molecule has 172 valence electrons. The lowest BCUT2D eigenvalue weighted by molar-refractivity contribution is -0.138. The van der Waals surface area contributed by atoms with Gasteiger partial charge < -0.3 is 14.5 Å². The molecule has 7 heteroatoms. The molecule has 0 aromatic heterocycles. The van der Waals surface area contributed by atoms with Crippen molar-refractivity contribution in [3.05, 3.63) is 66.0 Å². The summed E-state index contributed by atoms with van der Waals surface area (Å²) in [5.41, 5.74) is 0.992. The first kappa shape index (κ1) is 24.3. The molecule has 2 amide bonds. The minimum atomic E-state index is -0.269. The van der Waals surface area contributed by atoms with Crippen molar-refractivity contribution in [2.75, 3.05) is 39.6 Å². The van der Waals surface area contributed by atoms with Gasteiger partial charge in [-0.05, 0) is 55.0 Å². The van der Waals surface area contributed by atoms with E-state index in [1.807, 2.05) is 42.3 Å². The molecule has 1 fully saturated rings. The number of hydrogen-bond acceptors (Lipinski definition) is 4. The van der Waals surface area contributed by atoms with Gasteiger partial charge in [0.2, 0.25) is 11.8 Å². The highest BCUT2D eigenvalue weighted by Crippen LogP contribution is 2.27. The molecular formula is C25H31FN2O3S. The zero-order valence-corrected chi connectivity index (χ0v) is 19.5. The van der Waals surface area contributed by atoms with E-state index in [1.54, 1.807) is 28.8 Å². The van der Waals surface area contributed by atoms with Crippen LogP contribution in [0.5, 0.6) is 0 Å². The van der Waals surface area contributed by atoms with Gasteiger partial charge in [0.15, 0.2) is 0 Å². The third-order valence-corrected chi connectivity index (χ3v) is 7.06. The number of hydrogen-bond donors (Lipinski definition) is 0. The lowest BCUT2D eigenvalue weighted by atomic mass is 9.85. The Morgan fingerprint density at radius 1 is 1.12 bits per heavy atom. The number of likely N-dealkylation sites (N-methyl/N-ethyl adjacent to an activating group) is 1. The SMILES string of the molecule is COCC(=O)N(C)C(Cc1ccc(F)cc1)C1CCN(C(=O)CSc2ccccc2)CC1. The minimum Gasteiger partial charge on any atom is -0.375 e. The van der Waals surface area contributed by atoms with Crippen molar-refractivity contribution in [1.82, 2.24) is 9.80 Å². The van der Waals surface area contributed by atoms with Crippen LogP contribution in [0.15, 0.2) is 59.5 Å². The van der Waals surface area contributed by atoms with Crippen molar-refractivity contribution in [3.63, 3.8) is 0 Å². The summed E-state index contributed by atoms with van der Waals surface area (Å²) < 4.78 is 18.4. The largest absolute Gasteiger partial charge is 0.375 e. The van der Waals surface area contributed by atoms with Crippen LogP contribution in [0, 0.1) is 11.7 Å². The number of amides is 2. The summed E-state index contributed by atoms with van der Waals surface area (Å²) in [6, 6.07) is 16.4. The maximum atomic E-state index is 13.3. The summed E-state index contributed by atoms with van der Waals surface area (Å²) in [6.45, 7) is 1.40. The van der Waals surface area contributed by atoms with Crippen LogP contribution >= 0.6 is 11.8 Å². The molecule has 0 N–H and O–H groups in total. The summed E-state index contributed by atoms with van der Waals surface area (Å²) in [5, 5.41) is 0. The molecule has 2 aromatic rings. The fourth-order valence-electron chi connectivity index (χ4n) is 4.18. The molecule has 3 rings (SSSR count). The lowest BCUT2D eigenvalue weighted by Crippen LogP contribution is -2.49. The second kappa shape index (κ2) is 12.0. The maximum absolute atomic E-state index is 13.3. The molecular weight excluding hydrogens is 427 g/mol. The number of likely N-dealkylation sites (tertiary alicyclic amines) is 1. The van der Waals surface area contributed by atoms with Crippen LogP contribution in [0.1, 0.15) is 18.4 Å². The van der Waals surface area contributed by atoms with Crippen molar-refractivity contribution >= 4 is 23.6 Å². The average molecular weight is 459 g/mol. The molecule has 1 heterocycles. The summed E-state index contributed by atoms with van der Waals surface area (Å²) >= 11 is 1.56. The number of piperidine rings is 1. The maximum Gasteiger partial charge on any atom is 0.248 e. The highest BCUT2D eigenvalue weighted by Gasteiger charge is 2.32. The molecule has 1 atom stereocenters. The van der Waals surface area contributed by atoms with Crippen LogP contribution in [0.3, 0.4) is 0 Å². The van der Waals surface area contributed by atoms with E-state index in [9.17, 15) is 14.0 Å². The number of halogens is 1. The highest BCUT2D eigenvalue weighted by molar-refractivity contribution is 8.00. The molecule has 1 unspecified atom stereocenters. The highest BCUT2D eigenvalue weighted by atomic mass is 32.2. The Kier molecular flexibility index (Phi) is 9.11. The van der Waals surface area contributed by atoms with Gasteiger partial charge in [0.25, 0.3) is 0 Å². The molecule has 5 nitrogen and oxygen atoms in total. The first-order chi connectivity index (χ1) is 15.5. The quantitative estimate of drug-likeness (QED) is 0.536. The Bertz CT molecular complexity index is 871. The van der Waals surface area contributed by atoms with Crippen molar-refractivity contribution in [2.45, 2.75) is 30.2 Å². The first-order valence-electron chi connectivity index (χ1n) is 10.9. The van der Waals surface area contributed by atoms with Gasteiger partial charge in [-0.1, -0.05) is 30.3 Å². The summed E-state index contributed by atoms with van der Waals surface area (Å²) in [5.74, 6) is 0.500. The Hall–Kier alpha value is -2.38. The van der Waals surface area contributed by atoms with E-state index in [1.165, 1.54) is 19.2 Å². The van der Waals surface area contributed by atoms with Crippen molar-refractivity contribution in [1.29, 1.82) is 0 Å². The fraction of sp³-hybridized carbons (Fsp3) is 0.440. The predicted molar refractivity (Wildman–Crippen MR) is 125 cm³/mol. The van der Waals surface area contributed by atoms with E-state index in [0.717, 1.165) is 23.3 Å². The van der Waals surface area contributed by atoms with Gasteiger partial charge in [-0.15, -0.1) is 11.8 Å². The molecule has 1 aliphatic rings. The number of rotatable bonds is 9. The Morgan fingerprint density at radius 2 is 1.78 bits per heavy atom. The number of nitrogens with zero attached hydrogens (tertiary/aromatic N) is 2. The summed E-state index contributed by atoms with van der Waals surface area (Å²) in [6.07, 6.45) is 2.31. The van der Waals surface area contributed by atoms with Crippen LogP contribution in [-0.4, -0.2) is 67.3 Å². The second-order valence-corrected chi connectivity index (χ2v) is 9.20. The lowest BCUT2D eigenvalue weighted by Gasteiger charge is -2.40. The Labute approximate surface area is 193 Å². The number of ether oxygens (including phenoxy) is 1. The van der Waals surface area contributed by atoms with Crippen LogP contribution < -0.4 is 0 Å². The molecule has 0 saturated carbocycles. The van der Waals surface area contributed by atoms with Crippen molar-refractivity contribution < 1.29 is 18.7 Å². The van der Waals surface area contributed by atoms with E-state index < -0.39 is 0 Å². The van der Waals surface area contributed by atoms with Crippen LogP contribution in [0.25, 0.3) is 0 Å². The summed E-state index contributed by atoms with van der Waals surface area (Å²) in [7, 11) is 3.32. The molecule has 1 saturated heterocycles. The van der Waals surface area contributed by atoms with E-state index in [0.29, 0.717) is 25.3 Å². The van der Waals surface area contributed by atoms with Gasteiger partial charge in [0.05, 0.1) is 5.75 Å². The fourth-order valence-corrected chi connectivity index (χ4v) is 5.00. The monoisotopic (exact) mass is 458 g/mol. The number of carbonyl (C=O) groups excluding carboxylic acids is 2. The molecule has 0 spiro atoms. The third-order valence-electron chi connectivity index (χ3n) is 6.06. The zero-order valence-electron chi connectivity index (χ0n) is 18.7. The number of thioether (sulfide) groups is 1. The molecule has 2 aromatic carbocycles. The van der Waals surface area contributed by atoms with E-state index >= 15 is 0 Å². The average Bonchev–Trinajstić information content (AvgIpc) is 2.82. The molecule has 0 aliphatic carbocycles. The van der Waals surface area contributed by atoms with Crippen molar-refractivity contribution in [2.24, 2.45) is 5.92 Å². The van der Waals surface area contributed by atoms with Crippen molar-refractivity contribution in [3.8, 4) is 0 Å². The Morgan fingerprint density at radius 3 is 2.41 bits per heavy atom.